The number of likely N-dealkylation sites (N-methyl/N-ethyl adjacent to an activating group) is 1. The monoisotopic (exact) mass is 287 g/mol. The van der Waals surface area contributed by atoms with Crippen molar-refractivity contribution >= 4 is 5.78 Å². The third-order valence-electron chi connectivity index (χ3n) is 3.51. The number of rotatable bonds is 5. The van der Waals surface area contributed by atoms with E-state index in [4.69, 9.17) is 13.9 Å². The van der Waals surface area contributed by atoms with E-state index >= 15 is 0 Å². The van der Waals surface area contributed by atoms with Crippen molar-refractivity contribution in [2.24, 2.45) is 0 Å². The van der Waals surface area contributed by atoms with Crippen molar-refractivity contribution < 1.29 is 18.7 Å². The van der Waals surface area contributed by atoms with E-state index in [-0.39, 0.29) is 12.6 Å². The summed E-state index contributed by atoms with van der Waals surface area (Å²) in [6.07, 6.45) is 1.66. The van der Waals surface area contributed by atoms with Gasteiger partial charge in [-0.15, -0.1) is 0 Å². The number of benzene rings is 1. The number of hydrogen-bond donors (Lipinski definition) is 0. The van der Waals surface area contributed by atoms with Crippen LogP contribution in [0.25, 0.3) is 0 Å². The summed E-state index contributed by atoms with van der Waals surface area (Å²) in [5.41, 5.74) is 1.73. The molecule has 2 heterocycles. The van der Waals surface area contributed by atoms with Crippen LogP contribution in [0, 0.1) is 6.92 Å². The normalized spacial score (nSPS) is 12.9. The van der Waals surface area contributed by atoms with Gasteiger partial charge in [0.05, 0.1) is 12.8 Å². The fourth-order valence-electron chi connectivity index (χ4n) is 2.33. The van der Waals surface area contributed by atoms with Crippen LogP contribution in [0.4, 0.5) is 0 Å². The van der Waals surface area contributed by atoms with E-state index in [1.165, 1.54) is 0 Å². The van der Waals surface area contributed by atoms with E-state index < -0.39 is 0 Å². The molecule has 0 N–H and O–H groups in total. The fourth-order valence-corrected chi connectivity index (χ4v) is 2.33. The van der Waals surface area contributed by atoms with Gasteiger partial charge >= 0.3 is 0 Å². The predicted octanol–water partition coefficient (Wildman–Crippen LogP) is 2.63. The number of ether oxygens (including phenoxy) is 2. The number of fused-ring (bicyclic) bond motifs is 1. The van der Waals surface area contributed by atoms with E-state index in [2.05, 4.69) is 0 Å². The minimum Gasteiger partial charge on any atom is -0.469 e. The molecule has 2 aromatic rings. The van der Waals surface area contributed by atoms with Gasteiger partial charge < -0.3 is 13.9 Å². The molecule has 0 saturated heterocycles. The summed E-state index contributed by atoms with van der Waals surface area (Å²) >= 11 is 0. The van der Waals surface area contributed by atoms with E-state index in [0.29, 0.717) is 30.2 Å². The first-order valence-corrected chi connectivity index (χ1v) is 6.78. The molecule has 1 aromatic carbocycles. The summed E-state index contributed by atoms with van der Waals surface area (Å²) in [5.74, 6) is 2.26. The van der Waals surface area contributed by atoms with Crippen molar-refractivity contribution in [3.63, 3.8) is 0 Å². The maximum Gasteiger partial charge on any atom is 0.231 e. The lowest BCUT2D eigenvalue weighted by atomic mass is 10.1. The van der Waals surface area contributed by atoms with Crippen LogP contribution >= 0.6 is 0 Å². The first-order valence-electron chi connectivity index (χ1n) is 6.78. The number of carbonyl (C=O) groups is 1. The molecule has 1 aliphatic heterocycles. The molecule has 0 aliphatic carbocycles. The maximum atomic E-state index is 12.3. The highest BCUT2D eigenvalue weighted by molar-refractivity contribution is 5.98. The van der Waals surface area contributed by atoms with Crippen LogP contribution in [-0.2, 0) is 6.54 Å². The molecule has 0 radical (unpaired) electrons. The highest BCUT2D eigenvalue weighted by Gasteiger charge is 2.17. The Morgan fingerprint density at radius 1 is 1.24 bits per heavy atom. The molecule has 5 heteroatoms. The van der Waals surface area contributed by atoms with Gasteiger partial charge in [0.2, 0.25) is 6.79 Å². The van der Waals surface area contributed by atoms with Gasteiger partial charge in [-0.1, -0.05) is 0 Å². The minimum atomic E-state index is 0.0527. The van der Waals surface area contributed by atoms with Gasteiger partial charge in [0.1, 0.15) is 5.76 Å². The number of carbonyl (C=O) groups excluding carboxylic acids is 1. The van der Waals surface area contributed by atoms with Crippen molar-refractivity contribution in [2.45, 2.75) is 13.5 Å². The highest BCUT2D eigenvalue weighted by atomic mass is 16.7. The summed E-state index contributed by atoms with van der Waals surface area (Å²) in [4.78, 5) is 14.3. The topological polar surface area (TPSA) is 51.9 Å². The molecular weight excluding hydrogens is 270 g/mol. The van der Waals surface area contributed by atoms with E-state index in [0.717, 1.165) is 11.3 Å². The highest BCUT2D eigenvalue weighted by Crippen LogP contribution is 2.32. The largest absolute Gasteiger partial charge is 0.469 e. The maximum absolute atomic E-state index is 12.3. The summed E-state index contributed by atoms with van der Waals surface area (Å²) < 4.78 is 15.8. The van der Waals surface area contributed by atoms with Crippen LogP contribution in [0.1, 0.15) is 21.7 Å². The van der Waals surface area contributed by atoms with Crippen molar-refractivity contribution in [3.8, 4) is 11.5 Å². The molecule has 0 saturated carbocycles. The van der Waals surface area contributed by atoms with Crippen LogP contribution in [0.15, 0.2) is 34.9 Å². The molecule has 0 unspecified atom stereocenters. The smallest absolute Gasteiger partial charge is 0.231 e. The van der Waals surface area contributed by atoms with Crippen molar-refractivity contribution in [3.05, 3.63) is 47.4 Å². The summed E-state index contributed by atoms with van der Waals surface area (Å²) in [6, 6.07) is 7.21. The molecule has 21 heavy (non-hydrogen) atoms. The van der Waals surface area contributed by atoms with Crippen LogP contribution in [0.5, 0.6) is 11.5 Å². The fraction of sp³-hybridized carbons (Fsp3) is 0.312. The molecule has 3 rings (SSSR count). The molecule has 1 aliphatic rings. The third kappa shape index (κ3) is 2.92. The first kappa shape index (κ1) is 13.7. The van der Waals surface area contributed by atoms with Crippen LogP contribution in [-0.4, -0.2) is 31.1 Å². The SMILES string of the molecule is Cc1occc1CN(C)CC(=O)c1ccc2c(c1)OCO2. The van der Waals surface area contributed by atoms with Crippen molar-refractivity contribution in [2.75, 3.05) is 20.4 Å². The second-order valence-corrected chi connectivity index (χ2v) is 5.17. The number of hydrogen-bond acceptors (Lipinski definition) is 5. The molecule has 110 valence electrons. The standard InChI is InChI=1S/C16H17NO4/c1-11-13(5-6-19-11)8-17(2)9-14(18)12-3-4-15-16(7-12)21-10-20-15/h3-7H,8-10H2,1-2H3. The number of ketones is 1. The average Bonchev–Trinajstić information content (AvgIpc) is 3.07. The van der Waals surface area contributed by atoms with Crippen LogP contribution in [0.3, 0.4) is 0 Å². The minimum absolute atomic E-state index is 0.0527. The Hall–Kier alpha value is -2.27. The molecule has 5 nitrogen and oxygen atoms in total. The molecule has 0 bridgehead atoms. The quantitative estimate of drug-likeness (QED) is 0.791. The van der Waals surface area contributed by atoms with Crippen LogP contribution in [0.2, 0.25) is 0 Å². The third-order valence-corrected chi connectivity index (χ3v) is 3.51. The second-order valence-electron chi connectivity index (χ2n) is 5.17. The van der Waals surface area contributed by atoms with Gasteiger partial charge in [-0.25, -0.2) is 0 Å². The molecular formula is C16H17NO4. The summed E-state index contributed by atoms with van der Waals surface area (Å²) in [5, 5.41) is 0. The zero-order valence-electron chi connectivity index (χ0n) is 12.1. The number of furan rings is 1. The Morgan fingerprint density at radius 2 is 2.05 bits per heavy atom. The lowest BCUT2D eigenvalue weighted by Crippen LogP contribution is -2.25. The first-order chi connectivity index (χ1) is 10.1. The van der Waals surface area contributed by atoms with Gasteiger partial charge in [-0.2, -0.15) is 0 Å². The zero-order chi connectivity index (χ0) is 14.8. The Kier molecular flexibility index (Phi) is 3.66. The van der Waals surface area contributed by atoms with Crippen molar-refractivity contribution in [1.82, 2.24) is 4.90 Å². The van der Waals surface area contributed by atoms with Gasteiger partial charge in [0.15, 0.2) is 17.3 Å². The van der Waals surface area contributed by atoms with Gasteiger partial charge in [-0.3, -0.25) is 9.69 Å². The Morgan fingerprint density at radius 3 is 2.81 bits per heavy atom. The second kappa shape index (κ2) is 5.61. The molecule has 1 aromatic heterocycles. The van der Waals surface area contributed by atoms with E-state index in [9.17, 15) is 4.79 Å². The van der Waals surface area contributed by atoms with E-state index in [1.807, 2.05) is 24.9 Å². The van der Waals surface area contributed by atoms with E-state index in [1.54, 1.807) is 24.5 Å². The average molecular weight is 287 g/mol. The van der Waals surface area contributed by atoms with Crippen molar-refractivity contribution in [1.29, 1.82) is 0 Å². The van der Waals surface area contributed by atoms with Gasteiger partial charge in [0.25, 0.3) is 0 Å². The number of aryl methyl sites for hydroxylation is 1. The van der Waals surface area contributed by atoms with Gasteiger partial charge in [-0.05, 0) is 38.2 Å². The molecule has 0 spiro atoms. The van der Waals surface area contributed by atoms with Gasteiger partial charge in [0, 0.05) is 17.7 Å². The lowest BCUT2D eigenvalue weighted by Gasteiger charge is -2.15. The Labute approximate surface area is 123 Å². The predicted molar refractivity (Wildman–Crippen MR) is 76.7 cm³/mol. The summed E-state index contributed by atoms with van der Waals surface area (Å²) in [7, 11) is 1.91. The number of nitrogens with zero attached hydrogens (tertiary/aromatic N) is 1. The molecule has 0 amide bonds. The van der Waals surface area contributed by atoms with Crippen LogP contribution < -0.4 is 9.47 Å². The molecule has 0 atom stereocenters. The Bertz CT molecular complexity index is 662. The lowest BCUT2D eigenvalue weighted by molar-refractivity contribution is 0.0942. The number of Topliss-reactive ketones (excluding diaryl/α,β-unsaturated/α-hetero) is 1. The Balaban J connectivity index is 1.64. The summed E-state index contributed by atoms with van der Waals surface area (Å²) in [6.45, 7) is 3.15. The zero-order valence-corrected chi connectivity index (χ0v) is 12.1. The molecule has 0 fully saturated rings.